The number of esters is 1. The molecule has 3 N–H and O–H groups in total. The molecule has 0 spiro atoms. The van der Waals surface area contributed by atoms with Gasteiger partial charge in [0.2, 0.25) is 0 Å². The third-order valence-corrected chi connectivity index (χ3v) is 6.46. The van der Waals surface area contributed by atoms with Crippen LogP contribution in [-0.2, 0) is 14.8 Å². The summed E-state index contributed by atoms with van der Waals surface area (Å²) in [5.41, 5.74) is 6.15. The zero-order valence-corrected chi connectivity index (χ0v) is 17.4. The van der Waals surface area contributed by atoms with Crippen molar-refractivity contribution in [3.05, 3.63) is 72.1 Å². The number of carbonyl (C=O) groups excluding carboxylic acids is 1. The van der Waals surface area contributed by atoms with Crippen LogP contribution in [-0.4, -0.2) is 44.3 Å². The van der Waals surface area contributed by atoms with Crippen LogP contribution in [0.5, 0.6) is 0 Å². The minimum absolute atomic E-state index is 0.00266. The molecule has 3 rings (SSSR count). The Morgan fingerprint density at radius 1 is 1.19 bits per heavy atom. The molecule has 9 nitrogen and oxygen atoms in total. The number of hydrogen-bond donors (Lipinski definition) is 2. The van der Waals surface area contributed by atoms with Crippen LogP contribution in [0.1, 0.15) is 16.1 Å². The Kier molecular flexibility index (Phi) is 6.29. The molecule has 160 valence electrons. The van der Waals surface area contributed by atoms with Gasteiger partial charge in [0.05, 0.1) is 42.9 Å². The number of aliphatic hydroxyl groups is 1. The van der Waals surface area contributed by atoms with Crippen molar-refractivity contribution in [3.8, 4) is 11.8 Å². The molecule has 0 radical (unpaired) electrons. The molecule has 31 heavy (non-hydrogen) atoms. The summed E-state index contributed by atoms with van der Waals surface area (Å²) in [6.45, 7) is -0.583. The summed E-state index contributed by atoms with van der Waals surface area (Å²) in [7, 11) is -3.02. The Bertz CT molecular complexity index is 1250. The van der Waals surface area contributed by atoms with Gasteiger partial charge in [-0.1, -0.05) is 30.3 Å². The minimum Gasteiger partial charge on any atom is -0.464 e. The van der Waals surface area contributed by atoms with E-state index in [1.54, 1.807) is 36.4 Å². The van der Waals surface area contributed by atoms with E-state index in [9.17, 15) is 23.6 Å². The van der Waals surface area contributed by atoms with Gasteiger partial charge < -0.3 is 20.1 Å². The van der Waals surface area contributed by atoms with Gasteiger partial charge in [-0.2, -0.15) is 5.26 Å². The Hall–Kier alpha value is -3.81. The van der Waals surface area contributed by atoms with Crippen LogP contribution in [0.15, 0.2) is 65.7 Å². The van der Waals surface area contributed by atoms with E-state index < -0.39 is 22.6 Å². The second kappa shape index (κ2) is 8.91. The van der Waals surface area contributed by atoms with E-state index in [0.29, 0.717) is 5.69 Å². The summed E-state index contributed by atoms with van der Waals surface area (Å²) < 4.78 is 34.3. The quantitative estimate of drug-likeness (QED) is 0.535. The van der Waals surface area contributed by atoms with Gasteiger partial charge >= 0.3 is 5.97 Å². The van der Waals surface area contributed by atoms with Gasteiger partial charge in [-0.3, -0.25) is 4.31 Å². The van der Waals surface area contributed by atoms with E-state index in [1.165, 1.54) is 29.0 Å². The molecule has 0 saturated carbocycles. The Labute approximate surface area is 179 Å². The number of rotatable bonds is 7. The van der Waals surface area contributed by atoms with Gasteiger partial charge in [0.25, 0.3) is 10.0 Å². The zero-order chi connectivity index (χ0) is 22.6. The fraction of sp³-hybridized carbons (Fsp3) is 0.143. The number of nitrogens with two attached hydrogens (primary N) is 1. The molecule has 1 heterocycles. The van der Waals surface area contributed by atoms with E-state index >= 15 is 0 Å². The molecule has 0 atom stereocenters. The van der Waals surface area contributed by atoms with Crippen LogP contribution in [0.4, 0.5) is 11.4 Å². The molecule has 0 fully saturated rings. The summed E-state index contributed by atoms with van der Waals surface area (Å²) >= 11 is 0. The van der Waals surface area contributed by atoms with Gasteiger partial charge in [-0.15, -0.1) is 0 Å². The lowest BCUT2D eigenvalue weighted by Crippen LogP contribution is -2.34. The van der Waals surface area contributed by atoms with Crippen molar-refractivity contribution < 1.29 is 23.1 Å². The molecule has 0 amide bonds. The number of benzene rings is 2. The van der Waals surface area contributed by atoms with Crippen LogP contribution in [0.3, 0.4) is 0 Å². The first kappa shape index (κ1) is 21.9. The number of nitrogen functional groups attached to an aromatic ring is 1. The largest absolute Gasteiger partial charge is 0.464 e. The Morgan fingerprint density at radius 2 is 1.84 bits per heavy atom. The smallest absolute Gasteiger partial charge is 0.357 e. The summed E-state index contributed by atoms with van der Waals surface area (Å²) in [4.78, 5) is 12.2. The van der Waals surface area contributed by atoms with Crippen molar-refractivity contribution in [1.82, 2.24) is 4.57 Å². The average Bonchev–Trinajstić information content (AvgIpc) is 3.13. The Morgan fingerprint density at radius 3 is 2.45 bits per heavy atom. The molecule has 1 aromatic heterocycles. The lowest BCUT2D eigenvalue weighted by Gasteiger charge is -2.25. The molecular formula is C21H20N4O5S. The van der Waals surface area contributed by atoms with Gasteiger partial charge in [0.1, 0.15) is 11.0 Å². The van der Waals surface area contributed by atoms with Crippen molar-refractivity contribution in [3.63, 3.8) is 0 Å². The van der Waals surface area contributed by atoms with Gasteiger partial charge in [0, 0.05) is 6.20 Å². The van der Waals surface area contributed by atoms with Crippen LogP contribution in [0.25, 0.3) is 5.69 Å². The van der Waals surface area contributed by atoms with Gasteiger partial charge in [-0.05, 0) is 24.3 Å². The first-order valence-electron chi connectivity index (χ1n) is 9.14. The number of hydrogen-bond acceptors (Lipinski definition) is 7. The number of aromatic nitrogens is 1. The number of anilines is 2. The molecule has 0 unspecified atom stereocenters. The van der Waals surface area contributed by atoms with E-state index in [1.807, 2.05) is 6.07 Å². The van der Waals surface area contributed by atoms with Crippen LogP contribution in [0.2, 0.25) is 0 Å². The van der Waals surface area contributed by atoms with Crippen molar-refractivity contribution in [2.24, 2.45) is 0 Å². The number of methoxy groups -OCH3 is 1. The predicted molar refractivity (Wildman–Crippen MR) is 114 cm³/mol. The van der Waals surface area contributed by atoms with E-state index in [4.69, 9.17) is 10.5 Å². The van der Waals surface area contributed by atoms with Crippen LogP contribution < -0.4 is 10.0 Å². The highest BCUT2D eigenvalue weighted by molar-refractivity contribution is 7.93. The first-order valence-corrected chi connectivity index (χ1v) is 10.6. The average molecular weight is 440 g/mol. The third kappa shape index (κ3) is 3.96. The lowest BCUT2D eigenvalue weighted by molar-refractivity contribution is 0.0593. The number of sulfonamides is 1. The zero-order valence-electron chi connectivity index (χ0n) is 16.6. The molecule has 3 aromatic rings. The lowest BCUT2D eigenvalue weighted by atomic mass is 10.2. The highest BCUT2D eigenvalue weighted by Gasteiger charge is 2.30. The third-order valence-electron chi connectivity index (χ3n) is 4.58. The number of ether oxygens (including phenoxy) is 1. The van der Waals surface area contributed by atoms with Crippen molar-refractivity contribution in [1.29, 1.82) is 5.26 Å². The van der Waals surface area contributed by atoms with Crippen molar-refractivity contribution in [2.75, 3.05) is 30.3 Å². The van der Waals surface area contributed by atoms with Gasteiger partial charge in [0.15, 0.2) is 5.69 Å². The van der Waals surface area contributed by atoms with Crippen molar-refractivity contribution in [2.45, 2.75) is 4.90 Å². The summed E-state index contributed by atoms with van der Waals surface area (Å²) in [6, 6.07) is 16.2. The molecule has 0 aliphatic rings. The highest BCUT2D eigenvalue weighted by atomic mass is 32.2. The number of para-hydroxylation sites is 2. The standard InChI is InChI=1S/C21H20N4O5S/c1-30-21(27)20-19(23)15(13-22)14-24(20)17-9-5-6-10-18(17)31(28,29)25(11-12-26)16-7-3-2-4-8-16/h2-10,14,26H,11-12,23H2,1H3. The molecule has 0 aliphatic carbocycles. The monoisotopic (exact) mass is 440 g/mol. The second-order valence-corrected chi connectivity index (χ2v) is 8.21. The molecule has 0 saturated heterocycles. The number of nitriles is 1. The summed E-state index contributed by atoms with van der Waals surface area (Å²) in [6.07, 6.45) is 1.29. The molecule has 0 bridgehead atoms. The molecule has 0 aliphatic heterocycles. The molecular weight excluding hydrogens is 420 g/mol. The maximum Gasteiger partial charge on any atom is 0.357 e. The van der Waals surface area contributed by atoms with E-state index in [-0.39, 0.29) is 34.1 Å². The topological polar surface area (TPSA) is 139 Å². The van der Waals surface area contributed by atoms with Crippen molar-refractivity contribution >= 4 is 27.4 Å². The summed E-state index contributed by atoms with van der Waals surface area (Å²) in [5, 5.41) is 18.8. The number of aliphatic hydroxyl groups excluding tert-OH is 1. The maximum absolute atomic E-state index is 13.6. The first-order chi connectivity index (χ1) is 14.9. The Balaban J connectivity index is 2.26. The predicted octanol–water partition coefficient (Wildman–Crippen LogP) is 1.91. The normalized spacial score (nSPS) is 11.0. The fourth-order valence-corrected chi connectivity index (χ4v) is 4.81. The van der Waals surface area contributed by atoms with Gasteiger partial charge in [-0.25, -0.2) is 13.2 Å². The number of carbonyl (C=O) groups is 1. The fourth-order valence-electron chi connectivity index (χ4n) is 3.17. The summed E-state index contributed by atoms with van der Waals surface area (Å²) in [5.74, 6) is -0.818. The number of nitrogens with zero attached hydrogens (tertiary/aromatic N) is 3. The highest BCUT2D eigenvalue weighted by Crippen LogP contribution is 2.31. The second-order valence-electron chi connectivity index (χ2n) is 6.38. The molecule has 10 heteroatoms. The van der Waals surface area contributed by atoms with E-state index in [2.05, 4.69) is 0 Å². The maximum atomic E-state index is 13.6. The van der Waals surface area contributed by atoms with Crippen LogP contribution in [0, 0.1) is 11.3 Å². The minimum atomic E-state index is -4.18. The van der Waals surface area contributed by atoms with E-state index in [0.717, 1.165) is 11.4 Å². The van der Waals surface area contributed by atoms with Crippen LogP contribution >= 0.6 is 0 Å². The molecule has 2 aromatic carbocycles. The SMILES string of the molecule is COC(=O)c1c(N)c(C#N)cn1-c1ccccc1S(=O)(=O)N(CCO)c1ccccc1.